The van der Waals surface area contributed by atoms with Crippen molar-refractivity contribution >= 4 is 22.7 Å². The summed E-state index contributed by atoms with van der Waals surface area (Å²) in [5.74, 6) is 0.993. The number of urea groups is 1. The molecule has 2 fully saturated rings. The van der Waals surface area contributed by atoms with Gasteiger partial charge in [-0.3, -0.25) is 4.40 Å². The molecule has 0 aromatic carbocycles. The predicted octanol–water partition coefficient (Wildman–Crippen LogP) is 3.78. The lowest BCUT2D eigenvalue weighted by atomic mass is 9.86. The van der Waals surface area contributed by atoms with E-state index in [-0.39, 0.29) is 24.8 Å². The number of likely N-dealkylation sites (tertiary alicyclic amines) is 2. The van der Waals surface area contributed by atoms with Crippen LogP contribution in [-0.4, -0.2) is 67.0 Å². The number of hydrogen-bond acceptors (Lipinski definition) is 3. The molecule has 3 aromatic heterocycles. The first-order valence-electron chi connectivity index (χ1n) is 10.3. The maximum Gasteiger partial charge on any atom is 0.408 e. The monoisotopic (exact) mass is 420 g/mol. The van der Waals surface area contributed by atoms with Crippen LogP contribution in [-0.2, 0) is 0 Å². The number of aromatic nitrogens is 4. The van der Waals surface area contributed by atoms with Crippen LogP contribution in [0.25, 0.3) is 16.7 Å². The first-order chi connectivity index (χ1) is 14.3. The van der Waals surface area contributed by atoms with Crippen LogP contribution in [0.2, 0.25) is 0 Å². The van der Waals surface area contributed by atoms with Gasteiger partial charge in [-0.2, -0.15) is 13.2 Å². The molecule has 160 valence electrons. The molecule has 2 saturated heterocycles. The number of aromatic amines is 1. The fourth-order valence-electron chi connectivity index (χ4n) is 4.86. The van der Waals surface area contributed by atoms with Gasteiger partial charge in [0.15, 0.2) is 5.65 Å². The lowest BCUT2D eigenvalue weighted by Crippen LogP contribution is -2.53. The Hall–Kier alpha value is -2.78. The number of alkyl halides is 3. The number of piperidine rings is 1. The molecule has 5 heterocycles. The molecular weight excluding hydrogens is 397 g/mol. The first-order valence-corrected chi connectivity index (χ1v) is 10.3. The van der Waals surface area contributed by atoms with Crippen molar-refractivity contribution in [2.45, 2.75) is 44.3 Å². The normalized spacial score (nSPS) is 25.5. The van der Waals surface area contributed by atoms with E-state index in [0.29, 0.717) is 19.5 Å². The molecule has 5 rings (SSSR count). The highest BCUT2D eigenvalue weighted by molar-refractivity contribution is 5.76. The molecule has 2 aliphatic heterocycles. The van der Waals surface area contributed by atoms with Crippen molar-refractivity contribution in [3.63, 3.8) is 0 Å². The number of nitrogens with zero attached hydrogens (tertiary/aromatic N) is 5. The zero-order valence-corrected chi connectivity index (χ0v) is 16.6. The maximum atomic E-state index is 13.4. The van der Waals surface area contributed by atoms with Crippen LogP contribution >= 0.6 is 0 Å². The van der Waals surface area contributed by atoms with Crippen molar-refractivity contribution in [1.82, 2.24) is 29.2 Å². The van der Waals surface area contributed by atoms with Crippen molar-refractivity contribution in [2.24, 2.45) is 5.92 Å². The highest BCUT2D eigenvalue weighted by Gasteiger charge is 2.49. The Morgan fingerprint density at radius 1 is 1.20 bits per heavy atom. The van der Waals surface area contributed by atoms with Gasteiger partial charge in [0.05, 0.1) is 23.4 Å². The van der Waals surface area contributed by atoms with Crippen LogP contribution in [0.15, 0.2) is 24.7 Å². The summed E-state index contributed by atoms with van der Waals surface area (Å²) in [5, 5.41) is 0. The highest BCUT2D eigenvalue weighted by atomic mass is 19.4. The summed E-state index contributed by atoms with van der Waals surface area (Å²) in [6.45, 7) is 3.08. The van der Waals surface area contributed by atoms with E-state index in [0.717, 1.165) is 33.8 Å². The van der Waals surface area contributed by atoms with Crippen LogP contribution in [0.3, 0.4) is 0 Å². The molecule has 1 N–H and O–H groups in total. The second kappa shape index (κ2) is 6.88. The van der Waals surface area contributed by atoms with E-state index < -0.39 is 18.2 Å². The van der Waals surface area contributed by atoms with Crippen molar-refractivity contribution in [1.29, 1.82) is 0 Å². The fraction of sp³-hybridized carbons (Fsp3) is 0.550. The van der Waals surface area contributed by atoms with Crippen LogP contribution in [0.4, 0.5) is 18.0 Å². The Bertz CT molecular complexity index is 1090. The van der Waals surface area contributed by atoms with Gasteiger partial charge in [-0.25, -0.2) is 14.8 Å². The lowest BCUT2D eigenvalue weighted by molar-refractivity contribution is -0.170. The van der Waals surface area contributed by atoms with Crippen LogP contribution in [0.5, 0.6) is 0 Å². The van der Waals surface area contributed by atoms with Crippen molar-refractivity contribution in [3.05, 3.63) is 30.5 Å². The van der Waals surface area contributed by atoms with Gasteiger partial charge in [0.25, 0.3) is 0 Å². The molecule has 3 aromatic rings. The Labute approximate surface area is 170 Å². The molecule has 30 heavy (non-hydrogen) atoms. The third-order valence-corrected chi connectivity index (χ3v) is 6.52. The number of halogens is 3. The molecule has 2 aliphatic rings. The first kappa shape index (κ1) is 19.2. The van der Waals surface area contributed by atoms with Gasteiger partial charge in [-0.1, -0.05) is 6.92 Å². The van der Waals surface area contributed by atoms with E-state index in [1.807, 2.05) is 16.7 Å². The van der Waals surface area contributed by atoms with Gasteiger partial charge in [0.2, 0.25) is 0 Å². The van der Waals surface area contributed by atoms with E-state index in [1.54, 1.807) is 17.3 Å². The van der Waals surface area contributed by atoms with Gasteiger partial charge in [0.1, 0.15) is 11.9 Å². The van der Waals surface area contributed by atoms with E-state index in [4.69, 9.17) is 0 Å². The van der Waals surface area contributed by atoms with Crippen LogP contribution < -0.4 is 0 Å². The van der Waals surface area contributed by atoms with E-state index >= 15 is 0 Å². The van der Waals surface area contributed by atoms with Gasteiger partial charge < -0.3 is 14.8 Å². The fourth-order valence-corrected chi connectivity index (χ4v) is 4.86. The zero-order chi connectivity index (χ0) is 21.0. The smallest absolute Gasteiger partial charge is 0.345 e. The van der Waals surface area contributed by atoms with Crippen molar-refractivity contribution in [3.8, 4) is 0 Å². The number of hydrogen-bond donors (Lipinski definition) is 1. The molecule has 0 unspecified atom stereocenters. The number of H-pyrrole nitrogens is 1. The highest BCUT2D eigenvalue weighted by Crippen LogP contribution is 2.36. The standard InChI is InChI=1S/C20H23F3N6O/c1-12-5-8-27(19(30)28-7-2-3-16(28)20(21,22)23)11-14(12)18-26-10-13-9-25-17-15(29(13)18)4-6-24-17/h4,6,9-10,12,14,16,24H,2-3,5,7-8,11H2,1H3/t12-,14+,16+/m1/s1. The molecular formula is C20H23F3N6O. The lowest BCUT2D eigenvalue weighted by Gasteiger charge is -2.39. The number of rotatable bonds is 1. The molecule has 0 aliphatic carbocycles. The van der Waals surface area contributed by atoms with E-state index in [2.05, 4.69) is 21.9 Å². The summed E-state index contributed by atoms with van der Waals surface area (Å²) >= 11 is 0. The van der Waals surface area contributed by atoms with Crippen LogP contribution in [0.1, 0.15) is 37.9 Å². The van der Waals surface area contributed by atoms with Gasteiger partial charge in [-0.15, -0.1) is 0 Å². The second-order valence-electron chi connectivity index (χ2n) is 8.34. The SMILES string of the molecule is C[C@@H]1CCN(C(=O)N2CCC[C@H]2C(F)(F)F)C[C@@H]1c1ncc2cnc3[nH]ccc3n12. The number of fused-ring (bicyclic) bond motifs is 3. The largest absolute Gasteiger partial charge is 0.408 e. The molecule has 3 atom stereocenters. The minimum atomic E-state index is -4.39. The van der Waals surface area contributed by atoms with Gasteiger partial charge >= 0.3 is 12.2 Å². The van der Waals surface area contributed by atoms with Gasteiger partial charge in [0, 0.05) is 31.7 Å². The maximum absolute atomic E-state index is 13.4. The molecule has 2 amide bonds. The third-order valence-electron chi connectivity index (χ3n) is 6.52. The number of amides is 2. The summed E-state index contributed by atoms with van der Waals surface area (Å²) in [7, 11) is 0. The number of imidazole rings is 1. The molecule has 0 spiro atoms. The van der Waals surface area contributed by atoms with E-state index in [9.17, 15) is 18.0 Å². The molecule has 0 radical (unpaired) electrons. The summed E-state index contributed by atoms with van der Waals surface area (Å²) in [6, 6.07) is -0.267. The Balaban J connectivity index is 1.45. The zero-order valence-electron chi connectivity index (χ0n) is 16.6. The Morgan fingerprint density at radius 2 is 2.00 bits per heavy atom. The molecule has 10 heteroatoms. The van der Waals surface area contributed by atoms with Crippen molar-refractivity contribution in [2.75, 3.05) is 19.6 Å². The minimum absolute atomic E-state index is 0.0215. The average molecular weight is 420 g/mol. The third kappa shape index (κ3) is 3.00. The molecule has 0 saturated carbocycles. The quantitative estimate of drug-likeness (QED) is 0.651. The second-order valence-corrected chi connectivity index (χ2v) is 8.34. The summed E-state index contributed by atoms with van der Waals surface area (Å²) in [5.41, 5.74) is 2.49. The van der Waals surface area contributed by atoms with Crippen LogP contribution in [0, 0.1) is 5.92 Å². The summed E-state index contributed by atoms with van der Waals surface area (Å²) in [6.07, 6.45) is 2.00. The van der Waals surface area contributed by atoms with Gasteiger partial charge in [-0.05, 0) is 31.2 Å². The van der Waals surface area contributed by atoms with Crippen molar-refractivity contribution < 1.29 is 18.0 Å². The summed E-state index contributed by atoms with van der Waals surface area (Å²) < 4.78 is 42.1. The Morgan fingerprint density at radius 3 is 2.80 bits per heavy atom. The minimum Gasteiger partial charge on any atom is -0.345 e. The Kier molecular flexibility index (Phi) is 4.41. The number of nitrogens with one attached hydrogen (secondary N) is 1. The molecule has 0 bridgehead atoms. The average Bonchev–Trinajstić information content (AvgIpc) is 3.44. The topological polar surface area (TPSA) is 69.5 Å². The predicted molar refractivity (Wildman–Crippen MR) is 104 cm³/mol. The number of carbonyl (C=O) groups excluding carboxylic acids is 1. The summed E-state index contributed by atoms with van der Waals surface area (Å²) in [4.78, 5) is 27.7. The molecule has 7 nitrogen and oxygen atoms in total. The number of carbonyl (C=O) groups is 1. The van der Waals surface area contributed by atoms with E-state index in [1.165, 1.54) is 0 Å².